The molecule has 1 aromatic carbocycles. The van der Waals surface area contributed by atoms with Gasteiger partial charge in [0, 0.05) is 36.7 Å². The van der Waals surface area contributed by atoms with Crippen molar-refractivity contribution in [1.82, 2.24) is 9.80 Å². The Morgan fingerprint density at radius 1 is 1.20 bits per heavy atom. The van der Waals surface area contributed by atoms with E-state index in [9.17, 15) is 5.11 Å². The van der Waals surface area contributed by atoms with E-state index in [2.05, 4.69) is 25.7 Å². The molecule has 3 nitrogen and oxygen atoms in total. The van der Waals surface area contributed by atoms with Crippen LogP contribution in [0.4, 0.5) is 0 Å². The molecule has 20 heavy (non-hydrogen) atoms. The van der Waals surface area contributed by atoms with Gasteiger partial charge in [0.1, 0.15) is 0 Å². The summed E-state index contributed by atoms with van der Waals surface area (Å²) in [5.74, 6) is 0. The SMILES string of the molecule is OC(CCN1CCN2CCCC2C1)c1ccc(Br)cc1. The van der Waals surface area contributed by atoms with Crippen LogP contribution in [0.3, 0.4) is 0 Å². The van der Waals surface area contributed by atoms with E-state index in [1.807, 2.05) is 24.3 Å². The van der Waals surface area contributed by atoms with Crippen LogP contribution >= 0.6 is 15.9 Å². The van der Waals surface area contributed by atoms with Gasteiger partial charge in [0.05, 0.1) is 6.10 Å². The highest BCUT2D eigenvalue weighted by atomic mass is 79.9. The highest BCUT2D eigenvalue weighted by Gasteiger charge is 2.30. The van der Waals surface area contributed by atoms with E-state index < -0.39 is 0 Å². The highest BCUT2D eigenvalue weighted by Crippen LogP contribution is 2.23. The Morgan fingerprint density at radius 2 is 2.00 bits per heavy atom. The molecule has 0 aromatic heterocycles. The van der Waals surface area contributed by atoms with Gasteiger partial charge in [-0.05, 0) is 43.5 Å². The van der Waals surface area contributed by atoms with Gasteiger partial charge in [0.25, 0.3) is 0 Å². The summed E-state index contributed by atoms with van der Waals surface area (Å²) in [6, 6.07) is 8.77. The maximum atomic E-state index is 10.3. The van der Waals surface area contributed by atoms with Crippen molar-refractivity contribution < 1.29 is 5.11 Å². The van der Waals surface area contributed by atoms with Crippen LogP contribution < -0.4 is 0 Å². The number of nitrogens with zero attached hydrogens (tertiary/aromatic N) is 2. The minimum absolute atomic E-state index is 0.343. The lowest BCUT2D eigenvalue weighted by atomic mass is 10.1. The first kappa shape index (κ1) is 14.5. The lowest BCUT2D eigenvalue weighted by molar-refractivity contribution is 0.0835. The summed E-state index contributed by atoms with van der Waals surface area (Å²) in [6.07, 6.45) is 3.20. The van der Waals surface area contributed by atoms with E-state index in [-0.39, 0.29) is 6.10 Å². The van der Waals surface area contributed by atoms with Gasteiger partial charge < -0.3 is 10.0 Å². The van der Waals surface area contributed by atoms with Crippen LogP contribution in [-0.4, -0.2) is 53.7 Å². The topological polar surface area (TPSA) is 26.7 Å². The van der Waals surface area contributed by atoms with Crippen molar-refractivity contribution in [3.8, 4) is 0 Å². The Kier molecular flexibility index (Phi) is 4.76. The van der Waals surface area contributed by atoms with Crippen molar-refractivity contribution >= 4 is 15.9 Å². The molecule has 2 unspecified atom stereocenters. The molecule has 0 radical (unpaired) electrons. The standard InChI is InChI=1S/C16H23BrN2O/c17-14-5-3-13(4-6-14)16(20)7-9-18-10-11-19-8-1-2-15(19)12-18/h3-6,15-16,20H,1-2,7-12H2. The van der Waals surface area contributed by atoms with Crippen molar-refractivity contribution in [2.75, 3.05) is 32.7 Å². The molecular weight excluding hydrogens is 316 g/mol. The first-order chi connectivity index (χ1) is 9.72. The number of piperazine rings is 1. The molecule has 1 N–H and O–H groups in total. The minimum Gasteiger partial charge on any atom is -0.388 e. The fraction of sp³-hybridized carbons (Fsp3) is 0.625. The van der Waals surface area contributed by atoms with Crippen LogP contribution in [0.1, 0.15) is 30.9 Å². The van der Waals surface area contributed by atoms with Crippen molar-refractivity contribution in [2.45, 2.75) is 31.4 Å². The van der Waals surface area contributed by atoms with Gasteiger partial charge in [-0.15, -0.1) is 0 Å². The van der Waals surface area contributed by atoms with Crippen LogP contribution in [0.25, 0.3) is 0 Å². The number of rotatable bonds is 4. The van der Waals surface area contributed by atoms with Crippen molar-refractivity contribution in [3.63, 3.8) is 0 Å². The Bertz CT molecular complexity index is 437. The molecule has 0 aliphatic carbocycles. The third-order valence-electron chi connectivity index (χ3n) is 4.65. The monoisotopic (exact) mass is 338 g/mol. The molecule has 110 valence electrons. The zero-order valence-electron chi connectivity index (χ0n) is 11.8. The zero-order valence-corrected chi connectivity index (χ0v) is 13.4. The number of fused-ring (bicyclic) bond motifs is 1. The molecule has 0 amide bonds. The van der Waals surface area contributed by atoms with Crippen molar-refractivity contribution in [2.24, 2.45) is 0 Å². The van der Waals surface area contributed by atoms with Crippen LogP contribution in [0.5, 0.6) is 0 Å². The Balaban J connectivity index is 1.48. The molecule has 2 atom stereocenters. The summed E-state index contributed by atoms with van der Waals surface area (Å²) < 4.78 is 1.06. The second kappa shape index (κ2) is 6.56. The summed E-state index contributed by atoms with van der Waals surface area (Å²) in [4.78, 5) is 5.15. The van der Waals surface area contributed by atoms with Crippen molar-refractivity contribution in [1.29, 1.82) is 0 Å². The van der Waals surface area contributed by atoms with Crippen LogP contribution in [0.15, 0.2) is 28.7 Å². The second-order valence-electron chi connectivity index (χ2n) is 5.99. The maximum Gasteiger partial charge on any atom is 0.0802 e. The fourth-order valence-electron chi connectivity index (χ4n) is 3.42. The molecule has 2 aliphatic rings. The molecule has 2 saturated heterocycles. The summed E-state index contributed by atoms with van der Waals surface area (Å²) in [7, 11) is 0. The molecular formula is C16H23BrN2O. The zero-order chi connectivity index (χ0) is 13.9. The van der Waals surface area contributed by atoms with Gasteiger partial charge in [-0.2, -0.15) is 0 Å². The average molecular weight is 339 g/mol. The number of benzene rings is 1. The van der Waals surface area contributed by atoms with Crippen LogP contribution in [0, 0.1) is 0 Å². The van der Waals surface area contributed by atoms with Crippen LogP contribution in [-0.2, 0) is 0 Å². The molecule has 3 rings (SSSR count). The third kappa shape index (κ3) is 3.42. The van der Waals surface area contributed by atoms with Gasteiger partial charge in [0.15, 0.2) is 0 Å². The first-order valence-electron chi connectivity index (χ1n) is 7.62. The van der Waals surface area contributed by atoms with E-state index >= 15 is 0 Å². The molecule has 0 spiro atoms. The average Bonchev–Trinajstić information content (AvgIpc) is 2.93. The smallest absolute Gasteiger partial charge is 0.0802 e. The Hall–Kier alpha value is -0.420. The Morgan fingerprint density at radius 3 is 2.80 bits per heavy atom. The molecule has 2 heterocycles. The first-order valence-corrected chi connectivity index (χ1v) is 8.41. The quantitative estimate of drug-likeness (QED) is 0.914. The minimum atomic E-state index is -0.343. The lowest BCUT2D eigenvalue weighted by Gasteiger charge is -2.37. The summed E-state index contributed by atoms with van der Waals surface area (Å²) in [6.45, 7) is 5.84. The molecule has 2 aliphatic heterocycles. The van der Waals surface area contributed by atoms with Gasteiger partial charge >= 0.3 is 0 Å². The predicted octanol–water partition coefficient (Wildman–Crippen LogP) is 2.65. The number of hydrogen-bond acceptors (Lipinski definition) is 3. The second-order valence-corrected chi connectivity index (χ2v) is 6.90. The third-order valence-corrected chi connectivity index (χ3v) is 5.17. The summed E-state index contributed by atoms with van der Waals surface area (Å²) in [5, 5.41) is 10.3. The number of aliphatic hydroxyl groups excluding tert-OH is 1. The molecule has 1 aromatic rings. The van der Waals surface area contributed by atoms with E-state index in [0.717, 1.165) is 35.6 Å². The molecule has 4 heteroatoms. The van der Waals surface area contributed by atoms with Gasteiger partial charge in [-0.25, -0.2) is 0 Å². The highest BCUT2D eigenvalue weighted by molar-refractivity contribution is 9.10. The molecule has 0 saturated carbocycles. The maximum absolute atomic E-state index is 10.3. The van der Waals surface area contributed by atoms with E-state index in [1.165, 1.54) is 32.5 Å². The van der Waals surface area contributed by atoms with E-state index in [1.54, 1.807) is 0 Å². The number of aliphatic hydroxyl groups is 1. The van der Waals surface area contributed by atoms with Gasteiger partial charge in [-0.3, -0.25) is 4.90 Å². The normalized spacial score (nSPS) is 25.6. The summed E-state index contributed by atoms with van der Waals surface area (Å²) >= 11 is 3.43. The van der Waals surface area contributed by atoms with E-state index in [0.29, 0.717) is 0 Å². The van der Waals surface area contributed by atoms with E-state index in [4.69, 9.17) is 0 Å². The van der Waals surface area contributed by atoms with Crippen LogP contribution in [0.2, 0.25) is 0 Å². The molecule has 0 bridgehead atoms. The predicted molar refractivity (Wildman–Crippen MR) is 84.8 cm³/mol. The summed E-state index contributed by atoms with van der Waals surface area (Å²) in [5.41, 5.74) is 1.02. The van der Waals surface area contributed by atoms with Gasteiger partial charge in [-0.1, -0.05) is 28.1 Å². The fourth-order valence-corrected chi connectivity index (χ4v) is 3.68. The number of hydrogen-bond donors (Lipinski definition) is 1. The largest absolute Gasteiger partial charge is 0.388 e. The Labute approximate surface area is 129 Å². The molecule has 2 fully saturated rings. The van der Waals surface area contributed by atoms with Crippen molar-refractivity contribution in [3.05, 3.63) is 34.3 Å². The number of halogens is 1. The van der Waals surface area contributed by atoms with Gasteiger partial charge in [0.2, 0.25) is 0 Å². The lowest BCUT2D eigenvalue weighted by Crippen LogP contribution is -2.50.